The lowest BCUT2D eigenvalue weighted by Crippen LogP contribution is -2.40. The van der Waals surface area contributed by atoms with Gasteiger partial charge in [0.2, 0.25) is 15.9 Å². The van der Waals surface area contributed by atoms with E-state index in [0.717, 1.165) is 39.1 Å². The second-order valence-corrected chi connectivity index (χ2v) is 10.3. The number of benzene rings is 2. The molecule has 10 heteroatoms. The Balaban J connectivity index is 1.85. The molecule has 2 rings (SSSR count). The number of rotatable bonds is 11. The molecule has 2 aromatic carbocycles. The molecule has 0 saturated carbocycles. The van der Waals surface area contributed by atoms with E-state index in [1.165, 1.54) is 13.2 Å². The van der Waals surface area contributed by atoms with Crippen LogP contribution in [0.15, 0.2) is 42.5 Å². The molecule has 0 aliphatic heterocycles. The van der Waals surface area contributed by atoms with Crippen molar-refractivity contribution >= 4 is 56.6 Å². The standard InChI is InChI=1S/C20H24Cl2N2O4S2/c1-28-19-9-8-16(21)12-18(19)24(30(2,26)27)13-20(25)23-10-5-11-29-14-15-6-3-4-7-17(15)22/h3-4,6-9,12H,5,10-11,13-14H2,1-2H3,(H,23,25). The lowest BCUT2D eigenvalue weighted by molar-refractivity contribution is -0.119. The number of anilines is 1. The lowest BCUT2D eigenvalue weighted by atomic mass is 10.2. The topological polar surface area (TPSA) is 75.7 Å². The Kier molecular flexibility index (Phi) is 9.61. The largest absolute Gasteiger partial charge is 0.495 e. The third kappa shape index (κ3) is 7.58. The molecule has 1 N–H and O–H groups in total. The summed E-state index contributed by atoms with van der Waals surface area (Å²) in [6.45, 7) is 0.0843. The van der Waals surface area contributed by atoms with E-state index in [-0.39, 0.29) is 12.2 Å². The van der Waals surface area contributed by atoms with E-state index >= 15 is 0 Å². The summed E-state index contributed by atoms with van der Waals surface area (Å²) in [5.74, 6) is 1.54. The summed E-state index contributed by atoms with van der Waals surface area (Å²) in [5.41, 5.74) is 1.30. The van der Waals surface area contributed by atoms with E-state index in [0.29, 0.717) is 17.3 Å². The molecule has 0 spiro atoms. The van der Waals surface area contributed by atoms with Gasteiger partial charge in [-0.3, -0.25) is 9.10 Å². The number of hydrogen-bond donors (Lipinski definition) is 1. The first kappa shape index (κ1) is 24.7. The number of methoxy groups -OCH3 is 1. The molecule has 0 atom stereocenters. The zero-order valence-corrected chi connectivity index (χ0v) is 19.9. The van der Waals surface area contributed by atoms with Crippen LogP contribution in [0.25, 0.3) is 0 Å². The first-order chi connectivity index (χ1) is 14.2. The fraction of sp³-hybridized carbons (Fsp3) is 0.350. The minimum Gasteiger partial charge on any atom is -0.495 e. The van der Waals surface area contributed by atoms with Crippen molar-refractivity contribution in [1.29, 1.82) is 0 Å². The van der Waals surface area contributed by atoms with Gasteiger partial charge in [0.25, 0.3) is 0 Å². The molecule has 1 amide bonds. The molecule has 0 aliphatic carbocycles. The van der Waals surface area contributed by atoms with Crippen molar-refractivity contribution in [3.8, 4) is 5.75 Å². The summed E-state index contributed by atoms with van der Waals surface area (Å²) in [5, 5.41) is 3.85. The van der Waals surface area contributed by atoms with Gasteiger partial charge in [-0.1, -0.05) is 41.4 Å². The summed E-state index contributed by atoms with van der Waals surface area (Å²) < 4.78 is 30.7. The van der Waals surface area contributed by atoms with E-state index in [4.69, 9.17) is 27.9 Å². The molecule has 0 heterocycles. The fourth-order valence-electron chi connectivity index (χ4n) is 2.63. The Hall–Kier alpha value is -1.61. The first-order valence-electron chi connectivity index (χ1n) is 9.11. The van der Waals surface area contributed by atoms with Crippen LogP contribution in [-0.4, -0.2) is 46.5 Å². The predicted molar refractivity (Wildman–Crippen MR) is 125 cm³/mol. The molecule has 0 fully saturated rings. The molecule has 0 bridgehead atoms. The van der Waals surface area contributed by atoms with Crippen LogP contribution >= 0.6 is 35.0 Å². The van der Waals surface area contributed by atoms with Crippen molar-refractivity contribution in [1.82, 2.24) is 5.32 Å². The molecule has 6 nitrogen and oxygen atoms in total. The number of carbonyl (C=O) groups excluding carboxylic acids is 1. The van der Waals surface area contributed by atoms with Gasteiger partial charge >= 0.3 is 0 Å². The highest BCUT2D eigenvalue weighted by molar-refractivity contribution is 7.98. The number of hydrogen-bond acceptors (Lipinski definition) is 5. The average Bonchev–Trinajstić information content (AvgIpc) is 2.69. The molecular weight excluding hydrogens is 467 g/mol. The zero-order chi connectivity index (χ0) is 22.1. The Morgan fingerprint density at radius 2 is 1.93 bits per heavy atom. The average molecular weight is 491 g/mol. The quantitative estimate of drug-likeness (QED) is 0.477. The van der Waals surface area contributed by atoms with Gasteiger partial charge in [-0.05, 0) is 42.0 Å². The molecule has 0 radical (unpaired) electrons. The fourth-order valence-corrected chi connectivity index (χ4v) is 4.89. The number of halogens is 2. The monoisotopic (exact) mass is 490 g/mol. The maximum atomic E-state index is 12.3. The Morgan fingerprint density at radius 3 is 2.60 bits per heavy atom. The summed E-state index contributed by atoms with van der Waals surface area (Å²) in [6.07, 6.45) is 1.78. The maximum absolute atomic E-state index is 12.3. The third-order valence-corrected chi connectivity index (χ3v) is 6.92. The normalized spacial score (nSPS) is 11.2. The van der Waals surface area contributed by atoms with E-state index in [2.05, 4.69) is 5.32 Å². The van der Waals surface area contributed by atoms with Crippen molar-refractivity contribution in [2.75, 3.05) is 36.5 Å². The smallest absolute Gasteiger partial charge is 0.240 e. The van der Waals surface area contributed by atoms with E-state index in [9.17, 15) is 13.2 Å². The molecule has 0 saturated heterocycles. The van der Waals surface area contributed by atoms with E-state index in [1.807, 2.05) is 24.3 Å². The van der Waals surface area contributed by atoms with Gasteiger partial charge in [0.1, 0.15) is 12.3 Å². The van der Waals surface area contributed by atoms with Crippen LogP contribution in [0.4, 0.5) is 5.69 Å². The van der Waals surface area contributed by atoms with Gasteiger partial charge in [-0.15, -0.1) is 0 Å². The van der Waals surface area contributed by atoms with Crippen LogP contribution in [0.3, 0.4) is 0 Å². The number of sulfonamides is 1. The summed E-state index contributed by atoms with van der Waals surface area (Å²) >= 11 is 13.9. The number of nitrogens with zero attached hydrogens (tertiary/aromatic N) is 1. The molecule has 0 aliphatic rings. The van der Waals surface area contributed by atoms with Crippen LogP contribution in [0.2, 0.25) is 10.0 Å². The van der Waals surface area contributed by atoms with Crippen molar-refractivity contribution in [2.24, 2.45) is 0 Å². The van der Waals surface area contributed by atoms with E-state index < -0.39 is 15.9 Å². The molecule has 0 aromatic heterocycles. The number of ether oxygens (including phenoxy) is 1. The predicted octanol–water partition coefficient (Wildman–Crippen LogP) is 4.21. The van der Waals surface area contributed by atoms with Crippen LogP contribution in [0, 0.1) is 0 Å². The molecule has 30 heavy (non-hydrogen) atoms. The Bertz CT molecular complexity index is 971. The second-order valence-electron chi connectivity index (χ2n) is 6.43. The lowest BCUT2D eigenvalue weighted by Gasteiger charge is -2.24. The highest BCUT2D eigenvalue weighted by Crippen LogP contribution is 2.32. The molecule has 0 unspecified atom stereocenters. The van der Waals surface area contributed by atoms with Gasteiger partial charge in [0, 0.05) is 22.3 Å². The third-order valence-electron chi connectivity index (χ3n) is 4.10. The van der Waals surface area contributed by atoms with Gasteiger partial charge in [-0.25, -0.2) is 8.42 Å². The minimum absolute atomic E-state index is 0.220. The van der Waals surface area contributed by atoms with Crippen LogP contribution in [0.5, 0.6) is 5.75 Å². The molecular formula is C20H24Cl2N2O4S2. The van der Waals surface area contributed by atoms with Crippen LogP contribution in [0.1, 0.15) is 12.0 Å². The number of carbonyl (C=O) groups is 1. The minimum atomic E-state index is -3.72. The van der Waals surface area contributed by atoms with Crippen molar-refractivity contribution < 1.29 is 17.9 Å². The SMILES string of the molecule is COc1ccc(Cl)cc1N(CC(=O)NCCCSCc1ccccc1Cl)S(C)(=O)=O. The van der Waals surface area contributed by atoms with Gasteiger partial charge < -0.3 is 10.1 Å². The van der Waals surface area contributed by atoms with Gasteiger partial charge in [-0.2, -0.15) is 11.8 Å². The van der Waals surface area contributed by atoms with Crippen molar-refractivity contribution in [3.05, 3.63) is 58.1 Å². The zero-order valence-electron chi connectivity index (χ0n) is 16.7. The van der Waals surface area contributed by atoms with Crippen molar-refractivity contribution in [2.45, 2.75) is 12.2 Å². The van der Waals surface area contributed by atoms with Crippen LogP contribution in [-0.2, 0) is 20.6 Å². The number of thioether (sulfide) groups is 1. The number of amides is 1. The maximum Gasteiger partial charge on any atom is 0.240 e. The first-order valence-corrected chi connectivity index (χ1v) is 12.9. The molecule has 164 valence electrons. The second kappa shape index (κ2) is 11.7. The Morgan fingerprint density at radius 1 is 1.20 bits per heavy atom. The van der Waals surface area contributed by atoms with E-state index in [1.54, 1.807) is 23.9 Å². The van der Waals surface area contributed by atoms with Gasteiger partial charge in [0.15, 0.2) is 0 Å². The van der Waals surface area contributed by atoms with Gasteiger partial charge in [0.05, 0.1) is 19.1 Å². The van der Waals surface area contributed by atoms with Crippen molar-refractivity contribution in [3.63, 3.8) is 0 Å². The molecule has 2 aromatic rings. The summed E-state index contributed by atoms with van der Waals surface area (Å²) in [4.78, 5) is 12.3. The highest BCUT2D eigenvalue weighted by atomic mass is 35.5. The Labute approximate surface area is 191 Å². The highest BCUT2D eigenvalue weighted by Gasteiger charge is 2.24. The number of nitrogens with one attached hydrogen (secondary N) is 1. The summed E-state index contributed by atoms with van der Waals surface area (Å²) in [6, 6.07) is 12.3. The summed E-state index contributed by atoms with van der Waals surface area (Å²) in [7, 11) is -2.29. The van der Waals surface area contributed by atoms with Crippen LogP contribution < -0.4 is 14.4 Å².